The third-order valence-corrected chi connectivity index (χ3v) is 4.72. The lowest BCUT2D eigenvalue weighted by atomic mass is 10.2. The first-order valence-electron chi connectivity index (χ1n) is 6.67. The molecule has 7 heteroatoms. The van der Waals surface area contributed by atoms with E-state index in [9.17, 15) is 12.8 Å². The van der Waals surface area contributed by atoms with Crippen LogP contribution in [-0.2, 0) is 16.6 Å². The highest BCUT2D eigenvalue weighted by atomic mass is 32.2. The molecule has 0 unspecified atom stereocenters. The second-order valence-corrected chi connectivity index (χ2v) is 6.89. The molecule has 0 saturated carbocycles. The maximum absolute atomic E-state index is 13.3. The number of pyridine rings is 1. The van der Waals surface area contributed by atoms with Crippen molar-refractivity contribution in [2.24, 2.45) is 0 Å². The summed E-state index contributed by atoms with van der Waals surface area (Å²) in [6, 6.07) is 7.23. The Bertz CT molecular complexity index is 776. The Morgan fingerprint density at radius 2 is 1.95 bits per heavy atom. The highest BCUT2D eigenvalue weighted by molar-refractivity contribution is 7.89. The van der Waals surface area contributed by atoms with Gasteiger partial charge < -0.3 is 4.90 Å². The summed E-state index contributed by atoms with van der Waals surface area (Å²) in [5.74, 6) is 0.156. The molecule has 1 heterocycles. The first-order chi connectivity index (χ1) is 10.3. The quantitative estimate of drug-likeness (QED) is 0.915. The minimum atomic E-state index is -3.77. The molecular weight excluding hydrogens is 305 g/mol. The summed E-state index contributed by atoms with van der Waals surface area (Å²) in [6.07, 6.45) is 1.62. The fraction of sp³-hybridized carbons (Fsp3) is 0.267. The zero-order chi connectivity index (χ0) is 16.3. The average Bonchev–Trinajstić information content (AvgIpc) is 2.48. The molecule has 0 amide bonds. The molecule has 0 spiro atoms. The Hall–Kier alpha value is -1.99. The second-order valence-electron chi connectivity index (χ2n) is 5.15. The Labute approximate surface area is 129 Å². The topological polar surface area (TPSA) is 62.3 Å². The Morgan fingerprint density at radius 3 is 2.64 bits per heavy atom. The van der Waals surface area contributed by atoms with E-state index in [1.807, 2.05) is 19.0 Å². The minimum Gasteiger partial charge on any atom is -0.363 e. The summed E-state index contributed by atoms with van der Waals surface area (Å²) in [5.41, 5.74) is 1.27. The van der Waals surface area contributed by atoms with Gasteiger partial charge in [-0.15, -0.1) is 0 Å². The molecule has 0 aliphatic carbocycles. The lowest BCUT2D eigenvalue weighted by molar-refractivity contribution is 0.576. The Morgan fingerprint density at radius 1 is 1.23 bits per heavy atom. The van der Waals surface area contributed by atoms with Gasteiger partial charge in [-0.05, 0) is 42.3 Å². The van der Waals surface area contributed by atoms with Gasteiger partial charge in [0, 0.05) is 26.8 Å². The molecule has 1 N–H and O–H groups in total. The first-order valence-corrected chi connectivity index (χ1v) is 8.16. The molecule has 22 heavy (non-hydrogen) atoms. The fourth-order valence-corrected chi connectivity index (χ4v) is 3.21. The van der Waals surface area contributed by atoms with Gasteiger partial charge in [0.15, 0.2) is 0 Å². The zero-order valence-corrected chi connectivity index (χ0v) is 13.5. The Kier molecular flexibility index (Phi) is 4.77. The molecule has 0 aliphatic rings. The number of sulfonamides is 1. The lowest BCUT2D eigenvalue weighted by Gasteiger charge is -2.13. The van der Waals surface area contributed by atoms with Crippen LogP contribution in [0, 0.1) is 12.7 Å². The van der Waals surface area contributed by atoms with Crippen molar-refractivity contribution in [3.63, 3.8) is 0 Å². The number of benzene rings is 1. The van der Waals surface area contributed by atoms with Crippen LogP contribution in [0.25, 0.3) is 0 Å². The SMILES string of the molecule is Cc1ccc(F)cc1S(=O)(=O)NCc1ccnc(N(C)C)c1. The van der Waals surface area contributed by atoms with Crippen LogP contribution in [0.3, 0.4) is 0 Å². The number of hydrogen-bond acceptors (Lipinski definition) is 4. The van der Waals surface area contributed by atoms with E-state index in [2.05, 4.69) is 9.71 Å². The monoisotopic (exact) mass is 323 g/mol. The van der Waals surface area contributed by atoms with Crippen molar-refractivity contribution in [1.82, 2.24) is 9.71 Å². The van der Waals surface area contributed by atoms with Gasteiger partial charge >= 0.3 is 0 Å². The molecule has 0 radical (unpaired) electrons. The predicted octanol–water partition coefficient (Wildman–Crippen LogP) is 2.07. The van der Waals surface area contributed by atoms with Crippen LogP contribution in [0.5, 0.6) is 0 Å². The number of aromatic nitrogens is 1. The van der Waals surface area contributed by atoms with Gasteiger partial charge in [-0.25, -0.2) is 22.5 Å². The van der Waals surface area contributed by atoms with Gasteiger partial charge in [0.1, 0.15) is 11.6 Å². The molecule has 1 aromatic carbocycles. The van der Waals surface area contributed by atoms with Crippen molar-refractivity contribution >= 4 is 15.8 Å². The van der Waals surface area contributed by atoms with Crippen molar-refractivity contribution in [3.05, 3.63) is 53.5 Å². The van der Waals surface area contributed by atoms with E-state index in [4.69, 9.17) is 0 Å². The van der Waals surface area contributed by atoms with Crippen molar-refractivity contribution < 1.29 is 12.8 Å². The smallest absolute Gasteiger partial charge is 0.241 e. The summed E-state index contributed by atoms with van der Waals surface area (Å²) in [5, 5.41) is 0. The second kappa shape index (κ2) is 6.41. The average molecular weight is 323 g/mol. The molecule has 2 rings (SSSR count). The molecule has 0 aliphatic heterocycles. The summed E-state index contributed by atoms with van der Waals surface area (Å²) >= 11 is 0. The van der Waals surface area contributed by atoms with Gasteiger partial charge in [0.25, 0.3) is 0 Å². The third-order valence-electron chi connectivity index (χ3n) is 3.17. The van der Waals surface area contributed by atoms with E-state index in [1.165, 1.54) is 12.1 Å². The van der Waals surface area contributed by atoms with E-state index >= 15 is 0 Å². The van der Waals surface area contributed by atoms with Gasteiger partial charge in [-0.2, -0.15) is 0 Å². The molecule has 0 fully saturated rings. The number of halogens is 1. The van der Waals surface area contributed by atoms with Gasteiger partial charge in [0.2, 0.25) is 10.0 Å². The lowest BCUT2D eigenvalue weighted by Crippen LogP contribution is -2.24. The minimum absolute atomic E-state index is 0.0469. The molecule has 118 valence electrons. The van der Waals surface area contributed by atoms with E-state index in [1.54, 1.807) is 25.3 Å². The van der Waals surface area contributed by atoms with Gasteiger partial charge in [0.05, 0.1) is 4.90 Å². The molecule has 1 aromatic heterocycles. The number of nitrogens with zero attached hydrogens (tertiary/aromatic N) is 2. The molecule has 0 bridgehead atoms. The number of anilines is 1. The van der Waals surface area contributed by atoms with Crippen LogP contribution in [-0.4, -0.2) is 27.5 Å². The number of hydrogen-bond donors (Lipinski definition) is 1. The van der Waals surface area contributed by atoms with Crippen molar-refractivity contribution in [2.75, 3.05) is 19.0 Å². The summed E-state index contributed by atoms with van der Waals surface area (Å²) < 4.78 is 40.3. The van der Waals surface area contributed by atoms with Gasteiger partial charge in [-0.1, -0.05) is 6.07 Å². The van der Waals surface area contributed by atoms with E-state index in [0.29, 0.717) is 5.56 Å². The molecule has 2 aromatic rings. The maximum Gasteiger partial charge on any atom is 0.241 e. The third kappa shape index (κ3) is 3.80. The Balaban J connectivity index is 2.20. The molecule has 5 nitrogen and oxygen atoms in total. The highest BCUT2D eigenvalue weighted by Gasteiger charge is 2.17. The van der Waals surface area contributed by atoms with Crippen LogP contribution < -0.4 is 9.62 Å². The number of aryl methyl sites for hydroxylation is 1. The number of rotatable bonds is 5. The molecular formula is C15H18FN3O2S. The largest absolute Gasteiger partial charge is 0.363 e. The van der Waals surface area contributed by atoms with Crippen LogP contribution in [0.2, 0.25) is 0 Å². The van der Waals surface area contributed by atoms with Crippen molar-refractivity contribution in [1.29, 1.82) is 0 Å². The standard InChI is InChI=1S/C15H18FN3O2S/c1-11-4-5-13(16)9-14(11)22(20,21)18-10-12-6-7-17-15(8-12)19(2)3/h4-9,18H,10H2,1-3H3. The predicted molar refractivity (Wildman–Crippen MR) is 83.7 cm³/mol. The van der Waals surface area contributed by atoms with Crippen LogP contribution in [0.15, 0.2) is 41.4 Å². The first kappa shape index (κ1) is 16.4. The molecule has 0 atom stereocenters. The zero-order valence-electron chi connectivity index (χ0n) is 12.7. The van der Waals surface area contributed by atoms with Crippen LogP contribution in [0.1, 0.15) is 11.1 Å². The fourth-order valence-electron chi connectivity index (χ4n) is 1.93. The van der Waals surface area contributed by atoms with E-state index in [0.717, 1.165) is 17.4 Å². The highest BCUT2D eigenvalue weighted by Crippen LogP contribution is 2.17. The normalized spacial score (nSPS) is 11.5. The summed E-state index contributed by atoms with van der Waals surface area (Å²) in [6.45, 7) is 1.74. The summed E-state index contributed by atoms with van der Waals surface area (Å²) in [7, 11) is -0.0616. The van der Waals surface area contributed by atoms with Gasteiger partial charge in [-0.3, -0.25) is 0 Å². The van der Waals surface area contributed by atoms with Crippen molar-refractivity contribution in [3.8, 4) is 0 Å². The van der Waals surface area contributed by atoms with Crippen molar-refractivity contribution in [2.45, 2.75) is 18.4 Å². The maximum atomic E-state index is 13.3. The van der Waals surface area contributed by atoms with E-state index < -0.39 is 15.8 Å². The number of nitrogens with one attached hydrogen (secondary N) is 1. The van der Waals surface area contributed by atoms with E-state index in [-0.39, 0.29) is 11.4 Å². The van der Waals surface area contributed by atoms with Crippen LogP contribution in [0.4, 0.5) is 10.2 Å². The molecule has 0 saturated heterocycles. The van der Waals surface area contributed by atoms with Crippen LogP contribution >= 0.6 is 0 Å². The summed E-state index contributed by atoms with van der Waals surface area (Å²) in [4.78, 5) is 5.95.